The number of aliphatic hydroxyl groups excluding tert-OH is 4. The van der Waals surface area contributed by atoms with E-state index in [9.17, 15) is 39.3 Å². The van der Waals surface area contributed by atoms with E-state index in [1.807, 2.05) is 0 Å². The number of hydrogen-bond acceptors (Lipinski definition) is 17. The first-order valence-electron chi connectivity index (χ1n) is 12.6. The molecule has 0 bridgehead atoms. The first kappa shape index (κ1) is 31.9. The van der Waals surface area contributed by atoms with Crippen LogP contribution in [0, 0.1) is 0 Å². The van der Waals surface area contributed by atoms with E-state index in [-0.39, 0.29) is 23.5 Å². The molecule has 22 heteroatoms. The van der Waals surface area contributed by atoms with Crippen molar-refractivity contribution >= 4 is 32.6 Å². The smallest absolute Gasteiger partial charge is 0.478 e. The van der Waals surface area contributed by atoms with Gasteiger partial charge in [-0.15, -0.1) is 0 Å². The van der Waals surface area contributed by atoms with Gasteiger partial charge in [-0.3, -0.25) is 13.7 Å². The molecule has 20 nitrogen and oxygen atoms in total. The van der Waals surface area contributed by atoms with Gasteiger partial charge in [0, 0.05) is 18.2 Å². The Bertz CT molecular complexity index is 1550. The van der Waals surface area contributed by atoms with E-state index in [0.717, 1.165) is 6.33 Å². The standard InChI is InChI=1S/C21H29N7O13P2/c22-4-10-2-1-3-27(5-10)20-16(31)14(29)11(39-20)6-37-42(33,34)41-43(35,36)38-7-12-15(30)17(32)21(40-12)28-9-26-13-18(23)24-8-25-19(13)28/h1-3,5,8-9,11-12,14-17,20-21,29-32H,4,6-7,22H2,(H3-,23,24,25,33,34,35,36). The average molecular weight is 649 g/mol. The van der Waals surface area contributed by atoms with Crippen LogP contribution in [0.5, 0.6) is 0 Å². The SMILES string of the molecule is NCc1ccc[n+](C2OC(COP(=O)(O)OP(=O)([O-])OCC3OC(n4cnc5c(N)ncnc54)C(O)C3O)C(O)C2O)c1. The van der Waals surface area contributed by atoms with Crippen molar-refractivity contribution in [2.75, 3.05) is 18.9 Å². The highest BCUT2D eigenvalue weighted by Gasteiger charge is 2.49. The molecular weight excluding hydrogens is 620 g/mol. The van der Waals surface area contributed by atoms with Crippen LogP contribution in [0.25, 0.3) is 11.2 Å². The van der Waals surface area contributed by atoms with Gasteiger partial charge in [-0.25, -0.2) is 23.8 Å². The van der Waals surface area contributed by atoms with Gasteiger partial charge >= 0.3 is 7.82 Å². The fraction of sp³-hybridized carbons (Fsp3) is 0.524. The highest BCUT2D eigenvalue weighted by Crippen LogP contribution is 2.58. The van der Waals surface area contributed by atoms with Gasteiger partial charge in [0.05, 0.1) is 19.5 Å². The summed E-state index contributed by atoms with van der Waals surface area (Å²) in [5.74, 6) is 0.0537. The monoisotopic (exact) mass is 649 g/mol. The summed E-state index contributed by atoms with van der Waals surface area (Å²) in [7, 11) is -11.0. The lowest BCUT2D eigenvalue weighted by atomic mass is 10.1. The predicted molar refractivity (Wildman–Crippen MR) is 137 cm³/mol. The van der Waals surface area contributed by atoms with Gasteiger partial charge < -0.3 is 55.7 Å². The molecule has 0 amide bonds. The van der Waals surface area contributed by atoms with Crippen LogP contribution in [0.1, 0.15) is 18.0 Å². The summed E-state index contributed by atoms with van der Waals surface area (Å²) in [6, 6.07) is 3.36. The van der Waals surface area contributed by atoms with Crippen molar-refractivity contribution in [3.8, 4) is 0 Å². The van der Waals surface area contributed by atoms with E-state index in [1.54, 1.807) is 24.5 Å². The third-order valence-electron chi connectivity index (χ3n) is 6.75. The maximum Gasteiger partial charge on any atom is 0.478 e. The number of anilines is 1. The van der Waals surface area contributed by atoms with Gasteiger partial charge in [0.2, 0.25) is 0 Å². The molecule has 9 N–H and O–H groups in total. The Hall–Kier alpha value is -2.52. The van der Waals surface area contributed by atoms with E-state index < -0.39 is 77.9 Å². The molecule has 2 fully saturated rings. The van der Waals surface area contributed by atoms with Gasteiger partial charge in [0.15, 0.2) is 36.2 Å². The van der Waals surface area contributed by atoms with Crippen LogP contribution in [0.4, 0.5) is 5.82 Å². The molecule has 0 radical (unpaired) electrons. The summed E-state index contributed by atoms with van der Waals surface area (Å²) in [5, 5.41) is 41.6. The lowest BCUT2D eigenvalue weighted by Gasteiger charge is -2.26. The summed E-state index contributed by atoms with van der Waals surface area (Å²) < 4.78 is 51.9. The minimum atomic E-state index is -5.58. The molecule has 0 aliphatic carbocycles. The number of rotatable bonds is 11. The Kier molecular flexibility index (Phi) is 9.25. The Morgan fingerprint density at radius 1 is 1.02 bits per heavy atom. The third-order valence-corrected chi connectivity index (χ3v) is 9.32. The van der Waals surface area contributed by atoms with Crippen LogP contribution < -0.4 is 20.9 Å². The summed E-state index contributed by atoms with van der Waals surface area (Å²) in [6.07, 6.45) is -6.01. The molecule has 0 spiro atoms. The van der Waals surface area contributed by atoms with Gasteiger partial charge in [-0.2, -0.15) is 4.57 Å². The maximum atomic E-state index is 12.4. The molecule has 236 valence electrons. The van der Waals surface area contributed by atoms with Gasteiger partial charge in [0.1, 0.15) is 42.4 Å². The number of nitrogen functional groups attached to an aromatic ring is 1. The molecule has 0 aromatic carbocycles. The topological polar surface area (TPSA) is 304 Å². The molecule has 3 aromatic rings. The molecule has 2 aliphatic rings. The first-order chi connectivity index (χ1) is 20.3. The lowest BCUT2D eigenvalue weighted by Crippen LogP contribution is -2.46. The number of phosphoric acid groups is 2. The van der Waals surface area contributed by atoms with Gasteiger partial charge in [-0.1, -0.05) is 0 Å². The van der Waals surface area contributed by atoms with E-state index in [4.69, 9.17) is 20.9 Å². The molecule has 43 heavy (non-hydrogen) atoms. The summed E-state index contributed by atoms with van der Waals surface area (Å²) in [4.78, 5) is 34.1. The van der Waals surface area contributed by atoms with Crippen molar-refractivity contribution in [2.24, 2.45) is 5.73 Å². The normalized spacial score (nSPS) is 32.2. The third kappa shape index (κ3) is 6.77. The van der Waals surface area contributed by atoms with Crippen molar-refractivity contribution in [3.63, 3.8) is 0 Å². The Morgan fingerprint density at radius 2 is 1.72 bits per heavy atom. The van der Waals surface area contributed by atoms with Gasteiger partial charge in [0.25, 0.3) is 14.1 Å². The molecule has 10 atom stereocenters. The van der Waals surface area contributed by atoms with Crippen LogP contribution in [0.2, 0.25) is 0 Å². The molecule has 5 rings (SSSR count). The number of phosphoric ester groups is 2. The van der Waals surface area contributed by atoms with Crippen molar-refractivity contribution < 1.29 is 66.7 Å². The maximum absolute atomic E-state index is 12.4. The molecule has 3 aromatic heterocycles. The molecule has 2 aliphatic heterocycles. The second kappa shape index (κ2) is 12.5. The predicted octanol–water partition coefficient (Wildman–Crippen LogP) is -3.29. The van der Waals surface area contributed by atoms with Crippen LogP contribution in [0.15, 0.2) is 37.2 Å². The van der Waals surface area contributed by atoms with Crippen LogP contribution in [-0.2, 0) is 38.5 Å². The minimum Gasteiger partial charge on any atom is -0.756 e. The molecule has 0 saturated carbocycles. The number of pyridine rings is 1. The van der Waals surface area contributed by atoms with Crippen molar-refractivity contribution in [1.82, 2.24) is 19.5 Å². The number of nitrogens with two attached hydrogens (primary N) is 2. The highest BCUT2D eigenvalue weighted by atomic mass is 31.3. The number of nitrogens with zero attached hydrogens (tertiary/aromatic N) is 5. The molecular formula is C21H29N7O13P2. The summed E-state index contributed by atoms with van der Waals surface area (Å²) in [6.45, 7) is -1.59. The highest BCUT2D eigenvalue weighted by molar-refractivity contribution is 7.60. The fourth-order valence-corrected chi connectivity index (χ4v) is 6.65. The number of aliphatic hydroxyl groups is 4. The molecule has 5 heterocycles. The minimum absolute atomic E-state index is 0.0537. The number of ether oxygens (including phenoxy) is 2. The van der Waals surface area contributed by atoms with Crippen molar-refractivity contribution in [3.05, 3.63) is 42.7 Å². The molecule has 10 unspecified atom stereocenters. The quantitative estimate of drug-likeness (QED) is 0.0790. The van der Waals surface area contributed by atoms with Crippen LogP contribution >= 0.6 is 15.6 Å². The Balaban J connectivity index is 1.15. The number of fused-ring (bicyclic) bond motifs is 1. The first-order valence-corrected chi connectivity index (χ1v) is 15.6. The number of aromatic nitrogens is 5. The largest absolute Gasteiger partial charge is 0.756 e. The van der Waals surface area contributed by atoms with Crippen molar-refractivity contribution in [1.29, 1.82) is 0 Å². The zero-order valence-electron chi connectivity index (χ0n) is 22.0. The molecule has 2 saturated heterocycles. The summed E-state index contributed by atoms with van der Waals surface area (Å²) in [5.41, 5.74) is 12.4. The lowest BCUT2D eigenvalue weighted by molar-refractivity contribution is -0.766. The van der Waals surface area contributed by atoms with Crippen molar-refractivity contribution in [2.45, 2.75) is 55.6 Å². The van der Waals surface area contributed by atoms with Gasteiger partial charge in [-0.05, 0) is 6.07 Å². The van der Waals surface area contributed by atoms with E-state index >= 15 is 0 Å². The van der Waals surface area contributed by atoms with E-state index in [0.29, 0.717) is 5.56 Å². The average Bonchev–Trinajstić information content (AvgIpc) is 3.61. The summed E-state index contributed by atoms with van der Waals surface area (Å²) >= 11 is 0. The second-order valence-electron chi connectivity index (χ2n) is 9.63. The van der Waals surface area contributed by atoms with E-state index in [1.165, 1.54) is 15.5 Å². The van der Waals surface area contributed by atoms with Crippen LogP contribution in [0.3, 0.4) is 0 Å². The fourth-order valence-electron chi connectivity index (χ4n) is 4.59. The zero-order chi connectivity index (χ0) is 31.1. The Morgan fingerprint density at radius 3 is 2.47 bits per heavy atom. The number of hydrogen-bond donors (Lipinski definition) is 7. The number of imidazole rings is 1. The Labute approximate surface area is 242 Å². The zero-order valence-corrected chi connectivity index (χ0v) is 23.8. The van der Waals surface area contributed by atoms with Crippen LogP contribution in [-0.4, -0.2) is 94.7 Å². The second-order valence-corrected chi connectivity index (χ2v) is 12.6. The van der Waals surface area contributed by atoms with E-state index in [2.05, 4.69) is 28.3 Å².